The molecule has 0 saturated carbocycles. The maximum Gasteiger partial charge on any atom is 0.338 e. The number of unbranched alkanes of at least 4 members (excludes halogenated alkanes) is 11. The molecule has 1 aromatic rings. The smallest absolute Gasteiger partial charge is 0.338 e. The second-order valence-corrected chi connectivity index (χ2v) is 9.61. The molecule has 0 aromatic heterocycles. The molecule has 0 fully saturated rings. The predicted molar refractivity (Wildman–Crippen MR) is 138 cm³/mol. The summed E-state index contributed by atoms with van der Waals surface area (Å²) >= 11 is 0. The first-order valence-electron chi connectivity index (χ1n) is 13.7. The molecule has 0 saturated heterocycles. The summed E-state index contributed by atoms with van der Waals surface area (Å²) in [5, 5.41) is 20.5. The first-order valence-corrected chi connectivity index (χ1v) is 13.7. The number of carboxylic acids is 1. The molecule has 5 heteroatoms. The van der Waals surface area contributed by atoms with E-state index in [1.165, 1.54) is 44.9 Å². The Morgan fingerprint density at radius 2 is 1.26 bits per heavy atom. The van der Waals surface area contributed by atoms with Crippen LogP contribution in [-0.2, 0) is 9.53 Å². The fraction of sp³-hybridized carbons (Fsp3) is 0.724. The monoisotopic (exact) mass is 476 g/mol. The van der Waals surface area contributed by atoms with Crippen LogP contribution in [0.3, 0.4) is 0 Å². The van der Waals surface area contributed by atoms with Gasteiger partial charge in [0.25, 0.3) is 0 Å². The van der Waals surface area contributed by atoms with Gasteiger partial charge in [0, 0.05) is 6.42 Å². The first-order chi connectivity index (χ1) is 16.5. The fourth-order valence-electron chi connectivity index (χ4n) is 4.41. The fourth-order valence-corrected chi connectivity index (χ4v) is 4.41. The van der Waals surface area contributed by atoms with Gasteiger partial charge >= 0.3 is 11.9 Å². The SMILES string of the molecule is CCCCCCCCCCCC(O)CC(OC(=O)c1ccccc1)C(CCCCCC)C(=O)O. The second-order valence-electron chi connectivity index (χ2n) is 9.61. The van der Waals surface area contributed by atoms with Crippen LogP contribution >= 0.6 is 0 Å². The van der Waals surface area contributed by atoms with Gasteiger partial charge in [-0.3, -0.25) is 4.79 Å². The highest BCUT2D eigenvalue weighted by molar-refractivity contribution is 5.89. The lowest BCUT2D eigenvalue weighted by atomic mass is 9.90. The zero-order chi connectivity index (χ0) is 25.0. The number of hydrogen-bond donors (Lipinski definition) is 2. The average Bonchev–Trinajstić information content (AvgIpc) is 2.83. The maximum atomic E-state index is 12.7. The highest BCUT2D eigenvalue weighted by atomic mass is 16.5. The van der Waals surface area contributed by atoms with Crippen molar-refractivity contribution in [2.24, 2.45) is 5.92 Å². The number of ether oxygens (including phenoxy) is 1. The topological polar surface area (TPSA) is 83.8 Å². The third kappa shape index (κ3) is 13.7. The Kier molecular flexibility index (Phi) is 17.2. The van der Waals surface area contributed by atoms with E-state index in [9.17, 15) is 19.8 Å². The van der Waals surface area contributed by atoms with E-state index >= 15 is 0 Å². The van der Waals surface area contributed by atoms with Crippen molar-refractivity contribution in [3.8, 4) is 0 Å². The van der Waals surface area contributed by atoms with Gasteiger partial charge < -0.3 is 14.9 Å². The Bertz CT molecular complexity index is 645. The summed E-state index contributed by atoms with van der Waals surface area (Å²) in [7, 11) is 0. The Morgan fingerprint density at radius 1 is 0.765 bits per heavy atom. The maximum absolute atomic E-state index is 12.7. The lowest BCUT2D eigenvalue weighted by molar-refractivity contribution is -0.147. The zero-order valence-corrected chi connectivity index (χ0v) is 21.6. The number of aliphatic carboxylic acids is 1. The van der Waals surface area contributed by atoms with Crippen LogP contribution in [0.25, 0.3) is 0 Å². The van der Waals surface area contributed by atoms with E-state index in [2.05, 4.69) is 13.8 Å². The van der Waals surface area contributed by atoms with Crippen molar-refractivity contribution in [3.63, 3.8) is 0 Å². The summed E-state index contributed by atoms with van der Waals surface area (Å²) in [6.07, 6.45) is 14.4. The molecule has 0 bridgehead atoms. The number of hydrogen-bond acceptors (Lipinski definition) is 4. The lowest BCUT2D eigenvalue weighted by Gasteiger charge is -2.26. The van der Waals surface area contributed by atoms with Gasteiger partial charge in [0.2, 0.25) is 0 Å². The Hall–Kier alpha value is -1.88. The van der Waals surface area contributed by atoms with Crippen LogP contribution in [0, 0.1) is 5.92 Å². The van der Waals surface area contributed by atoms with Gasteiger partial charge in [-0.2, -0.15) is 0 Å². The summed E-state index contributed by atoms with van der Waals surface area (Å²) in [5.74, 6) is -2.29. The minimum Gasteiger partial charge on any atom is -0.481 e. The molecule has 2 N–H and O–H groups in total. The van der Waals surface area contributed by atoms with Gasteiger partial charge in [0.05, 0.1) is 17.6 Å². The number of carboxylic acid groups (broad SMARTS) is 1. The van der Waals surface area contributed by atoms with Gasteiger partial charge in [0.15, 0.2) is 0 Å². The summed E-state index contributed by atoms with van der Waals surface area (Å²) in [4.78, 5) is 24.7. The van der Waals surface area contributed by atoms with Crippen LogP contribution in [0.2, 0.25) is 0 Å². The number of aliphatic hydroxyl groups is 1. The van der Waals surface area contributed by atoms with Crippen molar-refractivity contribution in [3.05, 3.63) is 35.9 Å². The molecule has 0 aliphatic rings. The van der Waals surface area contributed by atoms with Gasteiger partial charge in [-0.15, -0.1) is 0 Å². The number of esters is 1. The van der Waals surface area contributed by atoms with Crippen LogP contribution in [0.4, 0.5) is 0 Å². The van der Waals surface area contributed by atoms with Gasteiger partial charge in [0.1, 0.15) is 6.10 Å². The van der Waals surface area contributed by atoms with E-state index in [-0.39, 0.29) is 6.42 Å². The molecule has 1 rings (SSSR count). The summed E-state index contributed by atoms with van der Waals surface area (Å²) in [6, 6.07) is 8.65. The molecule has 0 heterocycles. The number of benzene rings is 1. The third-order valence-electron chi connectivity index (χ3n) is 6.55. The number of carbonyl (C=O) groups excluding carboxylic acids is 1. The second kappa shape index (κ2) is 19.4. The lowest BCUT2D eigenvalue weighted by Crippen LogP contribution is -2.35. The molecule has 194 valence electrons. The van der Waals surface area contributed by atoms with Gasteiger partial charge in [-0.05, 0) is 25.0 Å². The minimum atomic E-state index is -0.961. The molecule has 3 unspecified atom stereocenters. The zero-order valence-electron chi connectivity index (χ0n) is 21.6. The number of carbonyl (C=O) groups is 2. The van der Waals surface area contributed by atoms with Crippen LogP contribution in [0.15, 0.2) is 30.3 Å². The highest BCUT2D eigenvalue weighted by Crippen LogP contribution is 2.24. The van der Waals surface area contributed by atoms with E-state index in [0.29, 0.717) is 18.4 Å². The normalized spacial score (nSPS) is 13.9. The van der Waals surface area contributed by atoms with Gasteiger partial charge in [-0.1, -0.05) is 116 Å². The van der Waals surface area contributed by atoms with Crippen molar-refractivity contribution >= 4 is 11.9 Å². The van der Waals surface area contributed by atoms with E-state index in [1.807, 2.05) is 6.07 Å². The summed E-state index contributed by atoms with van der Waals surface area (Å²) < 4.78 is 5.70. The van der Waals surface area contributed by atoms with E-state index in [1.54, 1.807) is 24.3 Å². The van der Waals surface area contributed by atoms with Crippen molar-refractivity contribution in [2.45, 2.75) is 129 Å². The Balaban J connectivity index is 2.59. The van der Waals surface area contributed by atoms with E-state index in [0.717, 1.165) is 38.5 Å². The average molecular weight is 477 g/mol. The van der Waals surface area contributed by atoms with Crippen LogP contribution in [-0.4, -0.2) is 34.4 Å². The Labute approximate surface area is 207 Å². The molecule has 34 heavy (non-hydrogen) atoms. The summed E-state index contributed by atoms with van der Waals surface area (Å²) in [5.41, 5.74) is 0.399. The van der Waals surface area contributed by atoms with E-state index in [4.69, 9.17) is 4.74 Å². The quantitative estimate of drug-likeness (QED) is 0.141. The number of rotatable bonds is 21. The third-order valence-corrected chi connectivity index (χ3v) is 6.55. The molecule has 5 nitrogen and oxygen atoms in total. The molecule has 0 amide bonds. The van der Waals surface area contributed by atoms with Crippen molar-refractivity contribution in [1.82, 2.24) is 0 Å². The van der Waals surface area contributed by atoms with Crippen LogP contribution in [0.1, 0.15) is 127 Å². The highest BCUT2D eigenvalue weighted by Gasteiger charge is 2.33. The molecular formula is C29H48O5. The molecule has 0 spiro atoms. The molecule has 1 aromatic carbocycles. The largest absolute Gasteiger partial charge is 0.481 e. The van der Waals surface area contributed by atoms with Crippen LogP contribution < -0.4 is 0 Å². The van der Waals surface area contributed by atoms with Crippen LogP contribution in [0.5, 0.6) is 0 Å². The standard InChI is InChI=1S/C29H48O5/c1-3-5-7-9-10-11-12-13-17-21-25(30)23-27(26(28(31)32)22-18-8-6-4-2)34-29(33)24-19-15-14-16-20-24/h14-16,19-20,25-27,30H,3-13,17-18,21-23H2,1-2H3,(H,31,32). The molecule has 0 aliphatic carbocycles. The van der Waals surface area contributed by atoms with E-state index < -0.39 is 30.1 Å². The molecular weight excluding hydrogens is 428 g/mol. The minimum absolute atomic E-state index is 0.167. The van der Waals surface area contributed by atoms with Crippen molar-refractivity contribution < 1.29 is 24.5 Å². The Morgan fingerprint density at radius 3 is 1.82 bits per heavy atom. The molecule has 0 radical (unpaired) electrons. The predicted octanol–water partition coefficient (Wildman–Crippen LogP) is 7.56. The van der Waals surface area contributed by atoms with Gasteiger partial charge in [-0.25, -0.2) is 4.79 Å². The molecule has 3 atom stereocenters. The number of aliphatic hydroxyl groups excluding tert-OH is 1. The summed E-state index contributed by atoms with van der Waals surface area (Å²) in [6.45, 7) is 4.34. The molecule has 0 aliphatic heterocycles. The first kappa shape index (κ1) is 30.2. The van der Waals surface area contributed by atoms with Crippen molar-refractivity contribution in [1.29, 1.82) is 0 Å². The van der Waals surface area contributed by atoms with Crippen molar-refractivity contribution in [2.75, 3.05) is 0 Å².